The number of rotatable bonds is 0. The maximum atomic E-state index is 7.33. The molecule has 49 valence electrons. The van der Waals surface area contributed by atoms with Crippen LogP contribution in [0.15, 0.2) is 0 Å². The molecule has 0 aromatic carbocycles. The molecular formula is H4CuMoO4Si. The molecule has 0 unspecified atom stereocenters. The fraction of sp³-hybridized carbons (Fsp3) is 0. The third kappa shape index (κ3) is 126. The van der Waals surface area contributed by atoms with Gasteiger partial charge in [0.25, 0.3) is 0 Å². The van der Waals surface area contributed by atoms with Gasteiger partial charge in [0, 0.05) is 38.1 Å². The van der Waals surface area contributed by atoms with Crippen molar-refractivity contribution in [3.05, 3.63) is 0 Å². The van der Waals surface area contributed by atoms with Crippen LogP contribution in [0.2, 0.25) is 0 Å². The molecule has 0 bridgehead atoms. The molecule has 0 saturated carbocycles. The SMILES string of the molecule is O[Si](O)(O)O.[Cu].[Mo]. The van der Waals surface area contributed by atoms with Crippen molar-refractivity contribution in [2.45, 2.75) is 0 Å². The molecule has 0 rings (SSSR count). The zero-order valence-electron chi connectivity index (χ0n) is 3.00. The van der Waals surface area contributed by atoms with Crippen LogP contribution >= 0.6 is 0 Å². The van der Waals surface area contributed by atoms with Gasteiger partial charge >= 0.3 is 9.05 Å². The van der Waals surface area contributed by atoms with Crippen molar-refractivity contribution in [3.8, 4) is 0 Å². The molecule has 0 spiro atoms. The molecule has 7 heteroatoms. The van der Waals surface area contributed by atoms with Gasteiger partial charge in [0.1, 0.15) is 0 Å². The van der Waals surface area contributed by atoms with E-state index in [1.54, 1.807) is 0 Å². The second kappa shape index (κ2) is 5.40. The third-order valence-electron chi connectivity index (χ3n) is 0. The standard InChI is InChI=1S/Cu.Mo.H4O4Si/c;;1-5(2,3)4/h;;1-4H. The summed E-state index contributed by atoms with van der Waals surface area (Å²) in [5, 5.41) is 0. The maximum absolute atomic E-state index is 7.33. The van der Waals surface area contributed by atoms with Crippen LogP contribution in [-0.2, 0) is 38.1 Å². The van der Waals surface area contributed by atoms with Crippen LogP contribution in [0, 0.1) is 0 Å². The summed E-state index contributed by atoms with van der Waals surface area (Å²) in [6.07, 6.45) is 0. The second-order valence-electron chi connectivity index (χ2n) is 0.600. The molecule has 4 N–H and O–H groups in total. The first kappa shape index (κ1) is 15.7. The van der Waals surface area contributed by atoms with E-state index >= 15 is 0 Å². The first-order valence-electron chi connectivity index (χ1n) is 0.894. The van der Waals surface area contributed by atoms with E-state index in [-0.39, 0.29) is 38.1 Å². The predicted molar refractivity (Wildman–Crippen MR) is 14.6 cm³/mol. The first-order chi connectivity index (χ1) is 2.00. The van der Waals surface area contributed by atoms with Gasteiger partial charge in [0.15, 0.2) is 0 Å². The molecule has 7 heavy (non-hydrogen) atoms. The zero-order valence-corrected chi connectivity index (χ0v) is 6.95. The van der Waals surface area contributed by atoms with Crippen molar-refractivity contribution < 1.29 is 57.3 Å². The Hall–Kier alpha value is 1.26. The zero-order chi connectivity index (χ0) is 4.50. The maximum Gasteiger partial charge on any atom is 0.668 e. The van der Waals surface area contributed by atoms with Crippen molar-refractivity contribution in [3.63, 3.8) is 0 Å². The second-order valence-corrected chi connectivity index (χ2v) is 1.80. The molecule has 0 aromatic heterocycles. The normalized spacial score (nSPS) is 8.57. The Morgan fingerprint density at radius 3 is 0.857 bits per heavy atom. The number of hydrogen-bond acceptors (Lipinski definition) is 4. The molecule has 0 fully saturated rings. The predicted octanol–water partition coefficient (Wildman–Crippen LogP) is -2.61. The van der Waals surface area contributed by atoms with E-state index in [1.165, 1.54) is 0 Å². The van der Waals surface area contributed by atoms with Crippen LogP contribution < -0.4 is 0 Å². The number of hydrogen-bond donors (Lipinski definition) is 4. The van der Waals surface area contributed by atoms with Crippen molar-refractivity contribution in [1.29, 1.82) is 0 Å². The molecule has 0 heterocycles. The van der Waals surface area contributed by atoms with Crippen molar-refractivity contribution in [2.75, 3.05) is 0 Å². The van der Waals surface area contributed by atoms with Crippen molar-refractivity contribution in [1.82, 2.24) is 0 Å². The van der Waals surface area contributed by atoms with Gasteiger partial charge in [0.05, 0.1) is 0 Å². The summed E-state index contributed by atoms with van der Waals surface area (Å²) >= 11 is 0. The van der Waals surface area contributed by atoms with Crippen LogP contribution in [0.5, 0.6) is 0 Å². The molecule has 0 saturated heterocycles. The van der Waals surface area contributed by atoms with E-state index < -0.39 is 9.05 Å². The Balaban J connectivity index is -0.0000000800. The minimum Gasteiger partial charge on any atom is -0.368 e. The summed E-state index contributed by atoms with van der Waals surface area (Å²) in [4.78, 5) is 29.3. The van der Waals surface area contributed by atoms with Gasteiger partial charge < -0.3 is 19.2 Å². The molecule has 0 aromatic rings. The third-order valence-corrected chi connectivity index (χ3v) is 0. The van der Waals surface area contributed by atoms with E-state index in [4.69, 9.17) is 19.2 Å². The molecule has 0 aliphatic carbocycles. The molecule has 0 atom stereocenters. The van der Waals surface area contributed by atoms with E-state index in [9.17, 15) is 0 Å². The Morgan fingerprint density at radius 1 is 0.857 bits per heavy atom. The van der Waals surface area contributed by atoms with Crippen LogP contribution in [0.3, 0.4) is 0 Å². The summed E-state index contributed by atoms with van der Waals surface area (Å²) in [6.45, 7) is 0. The average molecular weight is 256 g/mol. The average Bonchev–Trinajstić information content (AvgIpc) is 0.722. The Kier molecular flexibility index (Phi) is 12.1. The van der Waals surface area contributed by atoms with Gasteiger partial charge in [0.2, 0.25) is 0 Å². The van der Waals surface area contributed by atoms with E-state index in [2.05, 4.69) is 0 Å². The minimum absolute atomic E-state index is 0. The Morgan fingerprint density at radius 2 is 0.857 bits per heavy atom. The molecule has 4 nitrogen and oxygen atoms in total. The smallest absolute Gasteiger partial charge is 0.368 e. The fourth-order valence-corrected chi connectivity index (χ4v) is 0. The van der Waals surface area contributed by atoms with Crippen molar-refractivity contribution >= 4 is 9.05 Å². The summed E-state index contributed by atoms with van der Waals surface area (Å²) in [5.74, 6) is 0. The van der Waals surface area contributed by atoms with Gasteiger partial charge in [-0.2, -0.15) is 0 Å². The molecule has 0 aliphatic rings. The molecule has 0 amide bonds. The van der Waals surface area contributed by atoms with E-state index in [0.29, 0.717) is 0 Å². The van der Waals surface area contributed by atoms with Crippen molar-refractivity contribution in [2.24, 2.45) is 0 Å². The fourth-order valence-electron chi connectivity index (χ4n) is 0. The van der Waals surface area contributed by atoms with Gasteiger partial charge in [-0.15, -0.1) is 0 Å². The monoisotopic (exact) mass is 257 g/mol. The minimum atomic E-state index is -4.61. The largest absolute Gasteiger partial charge is 0.668 e. The topological polar surface area (TPSA) is 80.9 Å². The Bertz CT molecular complexity index is 27.2. The van der Waals surface area contributed by atoms with Gasteiger partial charge in [-0.05, 0) is 0 Å². The summed E-state index contributed by atoms with van der Waals surface area (Å²) in [5.41, 5.74) is 0. The Labute approximate surface area is 66.4 Å². The summed E-state index contributed by atoms with van der Waals surface area (Å²) < 4.78 is 0. The molecule has 1 radical (unpaired) electrons. The molecular weight excluding hydrogens is 252 g/mol. The van der Waals surface area contributed by atoms with Gasteiger partial charge in [-0.25, -0.2) is 0 Å². The van der Waals surface area contributed by atoms with Crippen LogP contribution in [0.4, 0.5) is 0 Å². The quantitative estimate of drug-likeness (QED) is 0.358. The molecule has 0 aliphatic heterocycles. The van der Waals surface area contributed by atoms with Gasteiger partial charge in [-0.3, -0.25) is 0 Å². The summed E-state index contributed by atoms with van der Waals surface area (Å²) in [7, 11) is -4.61. The van der Waals surface area contributed by atoms with Crippen LogP contribution in [0.1, 0.15) is 0 Å². The summed E-state index contributed by atoms with van der Waals surface area (Å²) in [6, 6.07) is 0. The first-order valence-corrected chi connectivity index (χ1v) is 2.68. The van der Waals surface area contributed by atoms with Crippen LogP contribution in [-0.4, -0.2) is 28.2 Å². The van der Waals surface area contributed by atoms with E-state index in [1.807, 2.05) is 0 Å². The van der Waals surface area contributed by atoms with Gasteiger partial charge in [-0.1, -0.05) is 0 Å². The van der Waals surface area contributed by atoms with E-state index in [0.717, 1.165) is 0 Å². The van der Waals surface area contributed by atoms with Crippen LogP contribution in [0.25, 0.3) is 0 Å².